The van der Waals surface area contributed by atoms with Crippen LogP contribution in [-0.2, 0) is 10.0 Å². The number of sulfonamides is 1. The number of hydrogen-bond acceptors (Lipinski definition) is 5. The lowest BCUT2D eigenvalue weighted by molar-refractivity contribution is 0.307. The summed E-state index contributed by atoms with van der Waals surface area (Å²) in [5, 5.41) is 0. The summed E-state index contributed by atoms with van der Waals surface area (Å²) in [5.74, 6) is 2.24. The molecule has 0 saturated carbocycles. The Hall–Kier alpha value is -0.280. The predicted octanol–water partition coefficient (Wildman–Crippen LogP) is 1.67. The molecule has 1 saturated heterocycles. The minimum Gasteiger partial charge on any atom is -0.398 e. The SMILES string of the molecule is Cc1c(N)cc(Br)cc1S(=O)(=O)NCCN1CCSCC1. The van der Waals surface area contributed by atoms with Crippen LogP contribution in [0.4, 0.5) is 5.69 Å². The molecule has 0 atom stereocenters. The third-order valence-electron chi connectivity index (χ3n) is 3.48. The molecule has 2 rings (SSSR count). The molecule has 0 aliphatic carbocycles. The number of nitrogens with two attached hydrogens (primary N) is 1. The molecule has 5 nitrogen and oxygen atoms in total. The Balaban J connectivity index is 2.01. The second-order valence-corrected chi connectivity index (χ2v) is 8.85. The van der Waals surface area contributed by atoms with Gasteiger partial charge in [0.2, 0.25) is 10.0 Å². The lowest BCUT2D eigenvalue weighted by atomic mass is 10.2. The molecular weight excluding hydrogens is 374 g/mol. The monoisotopic (exact) mass is 393 g/mol. The van der Waals surface area contributed by atoms with Gasteiger partial charge in [0.25, 0.3) is 0 Å². The topological polar surface area (TPSA) is 75.4 Å². The van der Waals surface area contributed by atoms with E-state index in [1.54, 1.807) is 19.1 Å². The van der Waals surface area contributed by atoms with Crippen molar-refractivity contribution in [3.05, 3.63) is 22.2 Å². The van der Waals surface area contributed by atoms with E-state index in [-0.39, 0.29) is 4.90 Å². The van der Waals surface area contributed by atoms with Crippen LogP contribution >= 0.6 is 27.7 Å². The van der Waals surface area contributed by atoms with E-state index in [0.717, 1.165) is 31.1 Å². The van der Waals surface area contributed by atoms with Crippen molar-refractivity contribution in [2.75, 3.05) is 43.4 Å². The number of benzene rings is 1. The zero-order valence-corrected chi connectivity index (χ0v) is 15.2. The van der Waals surface area contributed by atoms with Crippen LogP contribution in [0.25, 0.3) is 0 Å². The van der Waals surface area contributed by atoms with E-state index in [4.69, 9.17) is 5.73 Å². The predicted molar refractivity (Wildman–Crippen MR) is 92.2 cm³/mol. The van der Waals surface area contributed by atoms with Gasteiger partial charge in [-0.1, -0.05) is 15.9 Å². The molecule has 0 aromatic heterocycles. The van der Waals surface area contributed by atoms with Crippen LogP contribution in [-0.4, -0.2) is 51.0 Å². The largest absolute Gasteiger partial charge is 0.398 e. The molecule has 0 amide bonds. The van der Waals surface area contributed by atoms with Gasteiger partial charge in [-0.3, -0.25) is 0 Å². The van der Waals surface area contributed by atoms with Gasteiger partial charge in [-0.25, -0.2) is 13.1 Å². The summed E-state index contributed by atoms with van der Waals surface area (Å²) in [4.78, 5) is 2.52. The minimum absolute atomic E-state index is 0.239. The van der Waals surface area contributed by atoms with Crippen molar-refractivity contribution in [3.8, 4) is 0 Å². The Morgan fingerprint density at radius 3 is 2.71 bits per heavy atom. The normalized spacial score (nSPS) is 17.0. The molecule has 1 heterocycles. The van der Waals surface area contributed by atoms with E-state index >= 15 is 0 Å². The third-order valence-corrected chi connectivity index (χ3v) is 6.47. The van der Waals surface area contributed by atoms with Crippen LogP contribution in [0.3, 0.4) is 0 Å². The van der Waals surface area contributed by atoms with Crippen LogP contribution < -0.4 is 10.5 Å². The Kier molecular flexibility index (Phi) is 5.96. The molecule has 21 heavy (non-hydrogen) atoms. The lowest BCUT2D eigenvalue weighted by Gasteiger charge is -2.26. The smallest absolute Gasteiger partial charge is 0.240 e. The molecule has 118 valence electrons. The first kappa shape index (κ1) is 17.1. The van der Waals surface area contributed by atoms with Crippen LogP contribution in [0.2, 0.25) is 0 Å². The van der Waals surface area contributed by atoms with Crippen molar-refractivity contribution in [2.45, 2.75) is 11.8 Å². The number of anilines is 1. The quantitative estimate of drug-likeness (QED) is 0.744. The second kappa shape index (κ2) is 7.32. The fourth-order valence-corrected chi connectivity index (χ4v) is 5.12. The molecule has 1 aromatic carbocycles. The van der Waals surface area contributed by atoms with Gasteiger partial charge in [-0.2, -0.15) is 11.8 Å². The van der Waals surface area contributed by atoms with Gasteiger partial charge in [0.05, 0.1) is 4.90 Å². The Morgan fingerprint density at radius 2 is 2.05 bits per heavy atom. The molecule has 8 heteroatoms. The zero-order chi connectivity index (χ0) is 15.5. The van der Waals surface area contributed by atoms with Crippen molar-refractivity contribution in [1.29, 1.82) is 0 Å². The Bertz CT molecular complexity index is 602. The number of nitrogen functional groups attached to an aromatic ring is 1. The third kappa shape index (κ3) is 4.59. The summed E-state index contributed by atoms with van der Waals surface area (Å²) in [6.45, 7) is 4.92. The fraction of sp³-hybridized carbons (Fsp3) is 0.538. The Morgan fingerprint density at radius 1 is 1.38 bits per heavy atom. The highest BCUT2D eigenvalue weighted by molar-refractivity contribution is 9.10. The number of nitrogens with zero attached hydrogens (tertiary/aromatic N) is 1. The highest BCUT2D eigenvalue weighted by Gasteiger charge is 2.19. The minimum atomic E-state index is -3.53. The molecule has 0 spiro atoms. The van der Waals surface area contributed by atoms with E-state index in [1.807, 2.05) is 11.8 Å². The zero-order valence-electron chi connectivity index (χ0n) is 11.9. The van der Waals surface area contributed by atoms with E-state index in [2.05, 4.69) is 25.6 Å². The number of hydrogen-bond donors (Lipinski definition) is 2. The maximum absolute atomic E-state index is 12.4. The number of rotatable bonds is 5. The highest BCUT2D eigenvalue weighted by atomic mass is 79.9. The molecule has 1 aromatic rings. The average Bonchev–Trinajstić information content (AvgIpc) is 2.43. The first-order chi connectivity index (χ1) is 9.90. The summed E-state index contributed by atoms with van der Waals surface area (Å²) in [5.41, 5.74) is 6.88. The average molecular weight is 394 g/mol. The van der Waals surface area contributed by atoms with Gasteiger partial charge in [0.1, 0.15) is 0 Å². The molecule has 0 radical (unpaired) electrons. The summed E-state index contributed by atoms with van der Waals surface area (Å²) in [7, 11) is -3.53. The van der Waals surface area contributed by atoms with Crippen molar-refractivity contribution in [1.82, 2.24) is 9.62 Å². The number of nitrogens with one attached hydrogen (secondary N) is 1. The van der Waals surface area contributed by atoms with Crippen LogP contribution in [0.1, 0.15) is 5.56 Å². The van der Waals surface area contributed by atoms with Gasteiger partial charge in [-0.05, 0) is 24.6 Å². The van der Waals surface area contributed by atoms with Gasteiger partial charge < -0.3 is 10.6 Å². The van der Waals surface area contributed by atoms with Crippen LogP contribution in [0, 0.1) is 6.92 Å². The van der Waals surface area contributed by atoms with E-state index in [9.17, 15) is 8.42 Å². The van der Waals surface area contributed by atoms with Crippen LogP contribution in [0.15, 0.2) is 21.5 Å². The molecular formula is C13H20BrN3O2S2. The van der Waals surface area contributed by atoms with E-state index < -0.39 is 10.0 Å². The fourth-order valence-electron chi connectivity index (χ4n) is 2.19. The molecule has 1 aliphatic rings. The molecule has 0 bridgehead atoms. The van der Waals surface area contributed by atoms with E-state index in [1.165, 1.54) is 0 Å². The van der Waals surface area contributed by atoms with Gasteiger partial charge in [0, 0.05) is 47.8 Å². The van der Waals surface area contributed by atoms with Gasteiger partial charge in [0.15, 0.2) is 0 Å². The maximum Gasteiger partial charge on any atom is 0.240 e. The van der Waals surface area contributed by atoms with Gasteiger partial charge >= 0.3 is 0 Å². The maximum atomic E-state index is 12.4. The molecule has 0 unspecified atom stereocenters. The summed E-state index contributed by atoms with van der Waals surface area (Å²) < 4.78 is 28.1. The first-order valence-electron chi connectivity index (χ1n) is 6.75. The van der Waals surface area contributed by atoms with Crippen molar-refractivity contribution < 1.29 is 8.42 Å². The summed E-state index contributed by atoms with van der Waals surface area (Å²) in [6, 6.07) is 3.30. The van der Waals surface area contributed by atoms with Crippen molar-refractivity contribution in [3.63, 3.8) is 0 Å². The molecule has 3 N–H and O–H groups in total. The second-order valence-electron chi connectivity index (χ2n) is 4.97. The number of thioether (sulfide) groups is 1. The summed E-state index contributed by atoms with van der Waals surface area (Å²) >= 11 is 5.23. The van der Waals surface area contributed by atoms with Crippen LogP contribution in [0.5, 0.6) is 0 Å². The standard InChI is InChI=1S/C13H20BrN3O2S2/c1-10-12(15)8-11(14)9-13(10)21(18,19)16-2-3-17-4-6-20-7-5-17/h8-9,16H,2-7,15H2,1H3. The van der Waals surface area contributed by atoms with E-state index in [0.29, 0.717) is 22.3 Å². The summed E-state index contributed by atoms with van der Waals surface area (Å²) in [6.07, 6.45) is 0. The van der Waals surface area contributed by atoms with Gasteiger partial charge in [-0.15, -0.1) is 0 Å². The molecule has 1 aliphatic heterocycles. The lowest BCUT2D eigenvalue weighted by Crippen LogP contribution is -2.39. The first-order valence-corrected chi connectivity index (χ1v) is 10.2. The Labute approximate surface area is 138 Å². The molecule has 1 fully saturated rings. The van der Waals surface area contributed by atoms with Crippen molar-refractivity contribution >= 4 is 43.4 Å². The number of halogens is 1. The van der Waals surface area contributed by atoms with Crippen molar-refractivity contribution in [2.24, 2.45) is 0 Å². The highest BCUT2D eigenvalue weighted by Crippen LogP contribution is 2.26.